The zero-order valence-corrected chi connectivity index (χ0v) is 16.1. The smallest absolute Gasteiger partial charge is 0.387 e. The molecule has 0 heterocycles. The van der Waals surface area contributed by atoms with E-state index >= 15 is 0 Å². The number of amides is 3. The topological polar surface area (TPSA) is 96.5 Å². The van der Waals surface area contributed by atoms with Crippen molar-refractivity contribution in [3.05, 3.63) is 58.6 Å². The summed E-state index contributed by atoms with van der Waals surface area (Å²) in [6.45, 7) is -1.98. The van der Waals surface area contributed by atoms with Crippen molar-refractivity contribution in [1.29, 1.82) is 0 Å². The predicted molar refractivity (Wildman–Crippen MR) is 103 cm³/mol. The Hall–Kier alpha value is -3.20. The summed E-state index contributed by atoms with van der Waals surface area (Å²) >= 11 is 5.97. The van der Waals surface area contributed by atoms with Crippen LogP contribution in [0.2, 0.25) is 5.02 Å². The minimum absolute atomic E-state index is 0.0464. The minimum Gasteiger partial charge on any atom is -0.435 e. The van der Waals surface area contributed by atoms with Crippen molar-refractivity contribution < 1.29 is 27.9 Å². The van der Waals surface area contributed by atoms with Crippen LogP contribution in [0.3, 0.4) is 0 Å². The molecule has 0 saturated carbocycles. The SMILES string of the molecule is Cc1c(Cl)cccc1NC(=O)CNC(=O)CNC(=O)c1cccc(OC(F)F)c1. The zero-order valence-electron chi connectivity index (χ0n) is 15.3. The molecule has 154 valence electrons. The van der Waals surface area contributed by atoms with Gasteiger partial charge in [-0.1, -0.05) is 23.7 Å². The summed E-state index contributed by atoms with van der Waals surface area (Å²) in [6, 6.07) is 10.2. The first-order chi connectivity index (χ1) is 13.8. The van der Waals surface area contributed by atoms with Gasteiger partial charge in [-0.25, -0.2) is 0 Å². The number of nitrogens with one attached hydrogen (secondary N) is 3. The molecule has 0 aliphatic carbocycles. The third kappa shape index (κ3) is 7.04. The molecule has 10 heteroatoms. The average molecular weight is 426 g/mol. The molecular formula is C19H18ClF2N3O4. The number of anilines is 1. The molecule has 2 aromatic carbocycles. The zero-order chi connectivity index (χ0) is 21.4. The van der Waals surface area contributed by atoms with E-state index < -0.39 is 30.9 Å². The summed E-state index contributed by atoms with van der Waals surface area (Å²) in [7, 11) is 0. The molecule has 0 aromatic heterocycles. The van der Waals surface area contributed by atoms with Gasteiger partial charge in [0.15, 0.2) is 0 Å². The molecule has 0 atom stereocenters. The first-order valence-corrected chi connectivity index (χ1v) is 8.79. The first kappa shape index (κ1) is 22.1. The largest absolute Gasteiger partial charge is 0.435 e. The molecule has 3 amide bonds. The van der Waals surface area contributed by atoms with E-state index in [1.165, 1.54) is 18.2 Å². The first-order valence-electron chi connectivity index (χ1n) is 8.41. The van der Waals surface area contributed by atoms with Gasteiger partial charge in [-0.3, -0.25) is 14.4 Å². The van der Waals surface area contributed by atoms with E-state index in [2.05, 4.69) is 20.7 Å². The van der Waals surface area contributed by atoms with Gasteiger partial charge >= 0.3 is 6.61 Å². The molecule has 29 heavy (non-hydrogen) atoms. The van der Waals surface area contributed by atoms with E-state index in [1.807, 2.05) is 0 Å². The van der Waals surface area contributed by atoms with Crippen LogP contribution in [0.25, 0.3) is 0 Å². The third-order valence-corrected chi connectivity index (χ3v) is 4.13. The Morgan fingerprint density at radius 2 is 1.72 bits per heavy atom. The normalized spacial score (nSPS) is 10.4. The maximum atomic E-state index is 12.2. The fraction of sp³-hybridized carbons (Fsp3) is 0.211. The summed E-state index contributed by atoms with van der Waals surface area (Å²) in [5.41, 5.74) is 1.26. The Labute approximate surface area is 170 Å². The van der Waals surface area contributed by atoms with Gasteiger partial charge in [0.05, 0.1) is 13.1 Å². The molecule has 0 aliphatic rings. The highest BCUT2D eigenvalue weighted by Gasteiger charge is 2.12. The second kappa shape index (κ2) is 10.4. The van der Waals surface area contributed by atoms with Gasteiger partial charge in [-0.15, -0.1) is 0 Å². The van der Waals surface area contributed by atoms with Gasteiger partial charge < -0.3 is 20.7 Å². The monoisotopic (exact) mass is 425 g/mol. The van der Waals surface area contributed by atoms with Crippen LogP contribution in [0.5, 0.6) is 5.75 Å². The Kier molecular flexibility index (Phi) is 7.90. The highest BCUT2D eigenvalue weighted by atomic mass is 35.5. The molecule has 2 aromatic rings. The van der Waals surface area contributed by atoms with Crippen LogP contribution in [-0.4, -0.2) is 37.4 Å². The van der Waals surface area contributed by atoms with Gasteiger partial charge in [0.1, 0.15) is 5.75 Å². The maximum absolute atomic E-state index is 12.2. The van der Waals surface area contributed by atoms with E-state index in [4.69, 9.17) is 11.6 Å². The van der Waals surface area contributed by atoms with E-state index in [0.29, 0.717) is 16.3 Å². The number of hydrogen-bond donors (Lipinski definition) is 3. The summed E-state index contributed by atoms with van der Waals surface area (Å²) in [4.78, 5) is 35.8. The summed E-state index contributed by atoms with van der Waals surface area (Å²) in [6.07, 6.45) is 0. The average Bonchev–Trinajstić information content (AvgIpc) is 2.67. The maximum Gasteiger partial charge on any atom is 0.387 e. The Balaban J connectivity index is 1.78. The molecule has 7 nitrogen and oxygen atoms in total. The predicted octanol–water partition coefficient (Wildman–Crippen LogP) is 2.73. The van der Waals surface area contributed by atoms with Gasteiger partial charge in [0, 0.05) is 16.3 Å². The lowest BCUT2D eigenvalue weighted by Gasteiger charge is -2.11. The second-order valence-corrected chi connectivity index (χ2v) is 6.23. The number of hydrogen-bond acceptors (Lipinski definition) is 4. The molecule has 2 rings (SSSR count). The number of ether oxygens (including phenoxy) is 1. The van der Waals surface area contributed by atoms with Crippen molar-refractivity contribution >= 4 is 35.0 Å². The van der Waals surface area contributed by atoms with Crippen molar-refractivity contribution in [2.24, 2.45) is 0 Å². The molecule has 0 saturated heterocycles. The molecule has 0 spiro atoms. The van der Waals surface area contributed by atoms with Gasteiger partial charge in [0.2, 0.25) is 11.8 Å². The van der Waals surface area contributed by atoms with Crippen molar-refractivity contribution in [2.45, 2.75) is 13.5 Å². The quantitative estimate of drug-likeness (QED) is 0.606. The number of carbonyl (C=O) groups excluding carboxylic acids is 3. The Bertz CT molecular complexity index is 909. The summed E-state index contributed by atoms with van der Waals surface area (Å²) in [5.74, 6) is -1.90. The van der Waals surface area contributed by atoms with Gasteiger partial charge in [0.25, 0.3) is 5.91 Å². The fourth-order valence-corrected chi connectivity index (χ4v) is 2.43. The lowest BCUT2D eigenvalue weighted by Crippen LogP contribution is -2.40. The van der Waals surface area contributed by atoms with Crippen LogP contribution < -0.4 is 20.7 Å². The highest BCUT2D eigenvalue weighted by molar-refractivity contribution is 6.31. The van der Waals surface area contributed by atoms with Crippen molar-refractivity contribution in [3.8, 4) is 5.75 Å². The van der Waals surface area contributed by atoms with Crippen LogP contribution in [0.15, 0.2) is 42.5 Å². The molecule has 0 fully saturated rings. The Morgan fingerprint density at radius 1 is 1.03 bits per heavy atom. The number of rotatable bonds is 8. The number of carbonyl (C=O) groups is 3. The molecule has 0 radical (unpaired) electrons. The molecular weight excluding hydrogens is 408 g/mol. The third-order valence-electron chi connectivity index (χ3n) is 3.72. The van der Waals surface area contributed by atoms with Crippen LogP contribution in [0.4, 0.5) is 14.5 Å². The molecule has 0 bridgehead atoms. The number of benzene rings is 2. The lowest BCUT2D eigenvalue weighted by atomic mass is 10.2. The Morgan fingerprint density at radius 3 is 2.45 bits per heavy atom. The van der Waals surface area contributed by atoms with E-state index in [9.17, 15) is 23.2 Å². The number of halogens is 3. The summed E-state index contributed by atoms with van der Waals surface area (Å²) in [5, 5.41) is 7.80. The van der Waals surface area contributed by atoms with Crippen LogP contribution >= 0.6 is 11.6 Å². The van der Waals surface area contributed by atoms with Gasteiger partial charge in [-0.05, 0) is 42.8 Å². The van der Waals surface area contributed by atoms with Gasteiger partial charge in [-0.2, -0.15) is 8.78 Å². The van der Waals surface area contributed by atoms with Crippen LogP contribution in [-0.2, 0) is 9.59 Å². The molecule has 0 aliphatic heterocycles. The van der Waals surface area contributed by atoms with Crippen molar-refractivity contribution in [3.63, 3.8) is 0 Å². The summed E-state index contributed by atoms with van der Waals surface area (Å²) < 4.78 is 28.7. The van der Waals surface area contributed by atoms with Crippen LogP contribution in [0, 0.1) is 6.92 Å². The fourth-order valence-electron chi connectivity index (χ4n) is 2.25. The second-order valence-electron chi connectivity index (χ2n) is 5.83. The molecule has 3 N–H and O–H groups in total. The van der Waals surface area contributed by atoms with E-state index in [1.54, 1.807) is 25.1 Å². The highest BCUT2D eigenvalue weighted by Crippen LogP contribution is 2.22. The van der Waals surface area contributed by atoms with E-state index in [0.717, 1.165) is 6.07 Å². The standard InChI is InChI=1S/C19H18ClF2N3O4/c1-11-14(20)6-3-7-15(11)25-17(27)10-23-16(26)9-24-18(28)12-4-2-5-13(8-12)29-19(21)22/h2-8,19H,9-10H2,1H3,(H,23,26)(H,24,28)(H,25,27). The van der Waals surface area contributed by atoms with E-state index in [-0.39, 0.29) is 17.9 Å². The van der Waals surface area contributed by atoms with Crippen molar-refractivity contribution in [2.75, 3.05) is 18.4 Å². The lowest BCUT2D eigenvalue weighted by molar-refractivity contribution is -0.123. The number of alkyl halides is 2. The minimum atomic E-state index is -3.01. The molecule has 0 unspecified atom stereocenters. The van der Waals surface area contributed by atoms with Crippen molar-refractivity contribution in [1.82, 2.24) is 10.6 Å². The van der Waals surface area contributed by atoms with Crippen LogP contribution in [0.1, 0.15) is 15.9 Å².